The Labute approximate surface area is 178 Å². The summed E-state index contributed by atoms with van der Waals surface area (Å²) in [6.45, 7) is 1.94. The molecule has 0 N–H and O–H groups in total. The van der Waals surface area contributed by atoms with E-state index in [0.29, 0.717) is 30.6 Å². The number of benzene rings is 2. The van der Waals surface area contributed by atoms with Gasteiger partial charge in [-0.1, -0.05) is 42.2 Å². The minimum Gasteiger partial charge on any atom is -0.294 e. The van der Waals surface area contributed by atoms with Crippen LogP contribution in [0.1, 0.15) is 27.9 Å². The summed E-state index contributed by atoms with van der Waals surface area (Å²) in [5, 5.41) is 0. The highest BCUT2D eigenvalue weighted by atomic mass is 19.4. The lowest BCUT2D eigenvalue weighted by molar-refractivity contribution is -0.137. The normalized spacial score (nSPS) is 13.9. The van der Waals surface area contributed by atoms with E-state index in [9.17, 15) is 18.0 Å². The SMILES string of the molecule is O=c1c2c(ncn1Cc1ccc(C(F)(F)F)cc1)CCN(CC#Cc1ccccc1)C2. The Morgan fingerprint density at radius 1 is 1.03 bits per heavy atom. The monoisotopic (exact) mass is 423 g/mol. The summed E-state index contributed by atoms with van der Waals surface area (Å²) >= 11 is 0. The van der Waals surface area contributed by atoms with Crippen molar-refractivity contribution in [3.05, 3.63) is 99.2 Å². The molecule has 0 spiro atoms. The molecule has 0 bridgehead atoms. The van der Waals surface area contributed by atoms with Crippen LogP contribution in [-0.4, -0.2) is 27.5 Å². The van der Waals surface area contributed by atoms with Crippen molar-refractivity contribution in [1.82, 2.24) is 14.5 Å². The van der Waals surface area contributed by atoms with Crippen LogP contribution in [0, 0.1) is 11.8 Å². The van der Waals surface area contributed by atoms with E-state index in [1.807, 2.05) is 30.3 Å². The first-order valence-electron chi connectivity index (χ1n) is 9.90. The van der Waals surface area contributed by atoms with Gasteiger partial charge in [-0.05, 0) is 29.8 Å². The highest BCUT2D eigenvalue weighted by molar-refractivity contribution is 5.34. The van der Waals surface area contributed by atoms with Gasteiger partial charge in [-0.15, -0.1) is 0 Å². The smallest absolute Gasteiger partial charge is 0.294 e. The molecular formula is C24H20F3N3O. The average molecular weight is 423 g/mol. The van der Waals surface area contributed by atoms with Crippen LogP contribution in [0.2, 0.25) is 0 Å². The molecule has 31 heavy (non-hydrogen) atoms. The molecule has 158 valence electrons. The molecule has 1 aliphatic heterocycles. The molecule has 2 heterocycles. The second-order valence-corrected chi connectivity index (χ2v) is 7.43. The molecule has 4 rings (SSSR count). The van der Waals surface area contributed by atoms with Crippen molar-refractivity contribution in [3.63, 3.8) is 0 Å². The van der Waals surface area contributed by atoms with Gasteiger partial charge in [0.1, 0.15) is 0 Å². The van der Waals surface area contributed by atoms with Gasteiger partial charge in [0, 0.05) is 25.1 Å². The molecule has 7 heteroatoms. The topological polar surface area (TPSA) is 38.1 Å². The van der Waals surface area contributed by atoms with Crippen molar-refractivity contribution >= 4 is 0 Å². The number of alkyl halides is 3. The number of fused-ring (bicyclic) bond motifs is 1. The van der Waals surface area contributed by atoms with Crippen LogP contribution in [0.3, 0.4) is 0 Å². The predicted octanol–water partition coefficient (Wildman–Crippen LogP) is 3.72. The summed E-state index contributed by atoms with van der Waals surface area (Å²) in [5.41, 5.74) is 2.09. The van der Waals surface area contributed by atoms with Crippen molar-refractivity contribution < 1.29 is 13.2 Å². The standard InChI is InChI=1S/C24H20F3N3O/c25-24(26,27)20-10-8-19(9-11-20)15-30-17-28-22-12-14-29(16-21(22)23(30)31)13-4-7-18-5-2-1-3-6-18/h1-3,5-6,8-11,17H,12-16H2. The zero-order valence-electron chi connectivity index (χ0n) is 16.7. The van der Waals surface area contributed by atoms with Crippen LogP contribution in [0.4, 0.5) is 13.2 Å². The van der Waals surface area contributed by atoms with E-state index in [-0.39, 0.29) is 12.1 Å². The Hall–Kier alpha value is -3.37. The Balaban J connectivity index is 1.47. The Morgan fingerprint density at radius 2 is 1.77 bits per heavy atom. The fraction of sp³-hybridized carbons (Fsp3) is 0.250. The van der Waals surface area contributed by atoms with E-state index < -0.39 is 11.7 Å². The summed E-state index contributed by atoms with van der Waals surface area (Å²) < 4.78 is 39.7. The van der Waals surface area contributed by atoms with Gasteiger partial charge < -0.3 is 0 Å². The van der Waals surface area contributed by atoms with E-state index in [1.54, 1.807) is 0 Å². The van der Waals surface area contributed by atoms with Gasteiger partial charge >= 0.3 is 6.18 Å². The first-order chi connectivity index (χ1) is 14.9. The molecular weight excluding hydrogens is 403 g/mol. The van der Waals surface area contributed by atoms with Crippen LogP contribution in [0.5, 0.6) is 0 Å². The first kappa shape index (κ1) is 20.9. The van der Waals surface area contributed by atoms with E-state index in [2.05, 4.69) is 21.7 Å². The molecule has 2 aromatic carbocycles. The van der Waals surface area contributed by atoms with Gasteiger partial charge in [0.25, 0.3) is 5.56 Å². The van der Waals surface area contributed by atoms with Gasteiger partial charge in [-0.25, -0.2) is 4.98 Å². The summed E-state index contributed by atoms with van der Waals surface area (Å²) in [7, 11) is 0. The number of hydrogen-bond acceptors (Lipinski definition) is 3. The quantitative estimate of drug-likeness (QED) is 0.603. The number of halogens is 3. The Morgan fingerprint density at radius 3 is 2.48 bits per heavy atom. The van der Waals surface area contributed by atoms with E-state index >= 15 is 0 Å². The molecule has 4 nitrogen and oxygen atoms in total. The molecule has 1 aliphatic rings. The molecule has 0 aliphatic carbocycles. The second-order valence-electron chi connectivity index (χ2n) is 7.43. The molecule has 0 amide bonds. The summed E-state index contributed by atoms with van der Waals surface area (Å²) in [5.74, 6) is 6.27. The number of hydrogen-bond donors (Lipinski definition) is 0. The van der Waals surface area contributed by atoms with Gasteiger partial charge in [0.2, 0.25) is 0 Å². The Kier molecular flexibility index (Phi) is 5.92. The second kappa shape index (κ2) is 8.78. The molecule has 0 unspecified atom stereocenters. The summed E-state index contributed by atoms with van der Waals surface area (Å²) in [6.07, 6.45) is -2.24. The van der Waals surface area contributed by atoms with Crippen molar-refractivity contribution in [3.8, 4) is 11.8 Å². The third-order valence-corrected chi connectivity index (χ3v) is 5.21. The summed E-state index contributed by atoms with van der Waals surface area (Å²) in [6, 6.07) is 14.5. The lowest BCUT2D eigenvalue weighted by Crippen LogP contribution is -2.38. The van der Waals surface area contributed by atoms with Crippen LogP contribution in [0.25, 0.3) is 0 Å². The van der Waals surface area contributed by atoms with E-state index in [1.165, 1.54) is 23.0 Å². The largest absolute Gasteiger partial charge is 0.416 e. The minimum atomic E-state index is -4.38. The molecule has 1 aromatic heterocycles. The molecule has 0 atom stereocenters. The van der Waals surface area contributed by atoms with Gasteiger partial charge in [-0.3, -0.25) is 14.3 Å². The average Bonchev–Trinajstić information content (AvgIpc) is 2.76. The Bertz CT molecular complexity index is 1170. The predicted molar refractivity (Wildman–Crippen MR) is 111 cm³/mol. The lowest BCUT2D eigenvalue weighted by Gasteiger charge is -2.26. The van der Waals surface area contributed by atoms with Crippen molar-refractivity contribution in [2.24, 2.45) is 0 Å². The first-order valence-corrected chi connectivity index (χ1v) is 9.90. The molecule has 0 saturated carbocycles. The lowest BCUT2D eigenvalue weighted by atomic mass is 10.1. The fourth-order valence-electron chi connectivity index (χ4n) is 3.53. The fourth-order valence-corrected chi connectivity index (χ4v) is 3.53. The number of aromatic nitrogens is 2. The third kappa shape index (κ3) is 5.04. The highest BCUT2D eigenvalue weighted by Gasteiger charge is 2.30. The van der Waals surface area contributed by atoms with Crippen LogP contribution < -0.4 is 5.56 Å². The molecule has 0 saturated heterocycles. The third-order valence-electron chi connectivity index (χ3n) is 5.21. The van der Waals surface area contributed by atoms with Gasteiger partial charge in [-0.2, -0.15) is 13.2 Å². The van der Waals surface area contributed by atoms with Crippen molar-refractivity contribution in [1.29, 1.82) is 0 Å². The van der Waals surface area contributed by atoms with E-state index in [0.717, 1.165) is 29.9 Å². The zero-order valence-corrected chi connectivity index (χ0v) is 16.7. The van der Waals surface area contributed by atoms with E-state index in [4.69, 9.17) is 0 Å². The highest BCUT2D eigenvalue weighted by Crippen LogP contribution is 2.29. The van der Waals surface area contributed by atoms with Crippen LogP contribution >= 0.6 is 0 Å². The zero-order chi connectivity index (χ0) is 21.8. The summed E-state index contributed by atoms with van der Waals surface area (Å²) in [4.78, 5) is 19.5. The van der Waals surface area contributed by atoms with Crippen molar-refractivity contribution in [2.75, 3.05) is 13.1 Å². The molecule has 0 radical (unpaired) electrons. The number of rotatable bonds is 3. The van der Waals surface area contributed by atoms with Crippen molar-refractivity contribution in [2.45, 2.75) is 25.7 Å². The van der Waals surface area contributed by atoms with Crippen LogP contribution in [-0.2, 0) is 25.7 Å². The van der Waals surface area contributed by atoms with Crippen LogP contribution in [0.15, 0.2) is 65.7 Å². The maximum atomic E-state index is 13.0. The van der Waals surface area contributed by atoms with Gasteiger partial charge in [0.15, 0.2) is 0 Å². The minimum absolute atomic E-state index is 0.161. The molecule has 3 aromatic rings. The maximum Gasteiger partial charge on any atom is 0.416 e. The maximum absolute atomic E-state index is 13.0. The van der Waals surface area contributed by atoms with Gasteiger partial charge in [0.05, 0.1) is 36.2 Å². The molecule has 0 fully saturated rings. The number of nitrogens with zero attached hydrogens (tertiary/aromatic N) is 3.